The van der Waals surface area contributed by atoms with Crippen molar-refractivity contribution in [3.63, 3.8) is 0 Å². The molecular formula is C19H36N2O3. The lowest BCUT2D eigenvalue weighted by molar-refractivity contribution is -0.127. The molecule has 0 spiro atoms. The van der Waals surface area contributed by atoms with Gasteiger partial charge < -0.3 is 15.7 Å². The molecule has 0 aromatic carbocycles. The van der Waals surface area contributed by atoms with Gasteiger partial charge in [-0.05, 0) is 25.7 Å². The van der Waals surface area contributed by atoms with Gasteiger partial charge in [-0.3, -0.25) is 9.59 Å². The van der Waals surface area contributed by atoms with Crippen LogP contribution in [0.15, 0.2) is 0 Å². The molecule has 0 aliphatic heterocycles. The molecule has 1 aliphatic rings. The highest BCUT2D eigenvalue weighted by atomic mass is 16.3. The molecule has 1 saturated carbocycles. The summed E-state index contributed by atoms with van der Waals surface area (Å²) in [6.45, 7) is 10.1. The fourth-order valence-corrected chi connectivity index (χ4v) is 3.46. The van der Waals surface area contributed by atoms with Gasteiger partial charge in [0.15, 0.2) is 0 Å². The summed E-state index contributed by atoms with van der Waals surface area (Å²) in [6, 6.07) is -0.169. The van der Waals surface area contributed by atoms with Crippen LogP contribution in [-0.4, -0.2) is 35.6 Å². The molecule has 0 radical (unpaired) electrons. The molecule has 140 valence electrons. The number of amides is 2. The van der Waals surface area contributed by atoms with Gasteiger partial charge in [0.05, 0.1) is 6.10 Å². The summed E-state index contributed by atoms with van der Waals surface area (Å²) in [5.41, 5.74) is -0.377. The minimum Gasteiger partial charge on any atom is -0.392 e. The van der Waals surface area contributed by atoms with E-state index in [1.54, 1.807) is 0 Å². The number of aliphatic hydroxyl groups is 1. The van der Waals surface area contributed by atoms with Crippen molar-refractivity contribution in [2.24, 2.45) is 17.3 Å². The average Bonchev–Trinajstić information content (AvgIpc) is 2.52. The van der Waals surface area contributed by atoms with Crippen LogP contribution in [0.2, 0.25) is 0 Å². The van der Waals surface area contributed by atoms with Gasteiger partial charge in [-0.2, -0.15) is 0 Å². The molecule has 0 aromatic rings. The smallest absolute Gasteiger partial charge is 0.223 e. The Balaban J connectivity index is 2.34. The van der Waals surface area contributed by atoms with Crippen LogP contribution in [0.3, 0.4) is 0 Å². The summed E-state index contributed by atoms with van der Waals surface area (Å²) >= 11 is 0. The summed E-state index contributed by atoms with van der Waals surface area (Å²) in [6.07, 6.45) is 5.20. The minimum atomic E-state index is -0.471. The molecule has 2 unspecified atom stereocenters. The van der Waals surface area contributed by atoms with Crippen molar-refractivity contribution in [1.29, 1.82) is 0 Å². The Labute approximate surface area is 147 Å². The quantitative estimate of drug-likeness (QED) is 0.635. The first kappa shape index (κ1) is 20.9. The molecule has 0 heterocycles. The fourth-order valence-electron chi connectivity index (χ4n) is 3.46. The summed E-state index contributed by atoms with van der Waals surface area (Å²) in [5, 5.41) is 16.1. The lowest BCUT2D eigenvalue weighted by Crippen LogP contribution is -2.45. The van der Waals surface area contributed by atoms with Crippen molar-refractivity contribution in [3.05, 3.63) is 0 Å². The van der Waals surface area contributed by atoms with E-state index in [-0.39, 0.29) is 41.5 Å². The Morgan fingerprint density at radius 3 is 2.25 bits per heavy atom. The molecule has 0 aromatic heterocycles. The first-order valence-electron chi connectivity index (χ1n) is 9.38. The van der Waals surface area contributed by atoms with E-state index in [0.717, 1.165) is 25.7 Å². The Kier molecular flexibility index (Phi) is 8.20. The monoisotopic (exact) mass is 340 g/mol. The third-order valence-electron chi connectivity index (χ3n) is 5.03. The molecular weight excluding hydrogens is 304 g/mol. The normalized spacial score (nSPS) is 19.0. The lowest BCUT2D eigenvalue weighted by Gasteiger charge is -2.33. The first-order valence-corrected chi connectivity index (χ1v) is 9.38. The Morgan fingerprint density at radius 2 is 1.71 bits per heavy atom. The number of carbonyl (C=O) groups is 2. The highest BCUT2D eigenvalue weighted by Crippen LogP contribution is 2.25. The van der Waals surface area contributed by atoms with Crippen molar-refractivity contribution >= 4 is 11.8 Å². The predicted molar refractivity (Wildman–Crippen MR) is 96.4 cm³/mol. The molecule has 3 N–H and O–H groups in total. The number of hydrogen-bond acceptors (Lipinski definition) is 3. The van der Waals surface area contributed by atoms with Gasteiger partial charge in [0.25, 0.3) is 0 Å². The summed E-state index contributed by atoms with van der Waals surface area (Å²) in [7, 11) is 0. The lowest BCUT2D eigenvalue weighted by atomic mass is 9.80. The highest BCUT2D eigenvalue weighted by Gasteiger charge is 2.30. The van der Waals surface area contributed by atoms with Crippen LogP contribution in [0, 0.1) is 17.3 Å². The third kappa shape index (κ3) is 6.80. The van der Waals surface area contributed by atoms with E-state index >= 15 is 0 Å². The molecule has 0 saturated heterocycles. The van der Waals surface area contributed by atoms with Gasteiger partial charge in [-0.15, -0.1) is 0 Å². The Hall–Kier alpha value is -1.10. The zero-order valence-electron chi connectivity index (χ0n) is 16.0. The standard InChI is InChI=1S/C19H36N2O3/c1-13(2)17(23)19(4,5)12-20-16(22)11-14(3)21-18(24)15-9-7-6-8-10-15/h13-15,17,23H,6-12H2,1-5H3,(H,20,22)(H,21,24). The second-order valence-corrected chi connectivity index (χ2v) is 8.40. The average molecular weight is 341 g/mol. The van der Waals surface area contributed by atoms with Gasteiger partial charge in [-0.1, -0.05) is 47.0 Å². The van der Waals surface area contributed by atoms with Crippen LogP contribution in [0.4, 0.5) is 0 Å². The van der Waals surface area contributed by atoms with Crippen molar-refractivity contribution in [2.75, 3.05) is 6.54 Å². The van der Waals surface area contributed by atoms with E-state index in [9.17, 15) is 14.7 Å². The molecule has 24 heavy (non-hydrogen) atoms. The molecule has 1 rings (SSSR count). The molecule has 5 nitrogen and oxygen atoms in total. The van der Waals surface area contributed by atoms with Gasteiger partial charge in [0, 0.05) is 30.3 Å². The summed E-state index contributed by atoms with van der Waals surface area (Å²) in [5.74, 6) is 0.260. The van der Waals surface area contributed by atoms with Gasteiger partial charge in [0.2, 0.25) is 11.8 Å². The minimum absolute atomic E-state index is 0.0875. The van der Waals surface area contributed by atoms with E-state index in [4.69, 9.17) is 0 Å². The number of carbonyl (C=O) groups excluding carboxylic acids is 2. The number of hydrogen-bond donors (Lipinski definition) is 3. The molecule has 0 bridgehead atoms. The van der Waals surface area contributed by atoms with E-state index < -0.39 is 6.10 Å². The third-order valence-corrected chi connectivity index (χ3v) is 5.03. The molecule has 2 atom stereocenters. The van der Waals surface area contributed by atoms with Crippen LogP contribution in [-0.2, 0) is 9.59 Å². The van der Waals surface area contributed by atoms with Crippen molar-refractivity contribution in [3.8, 4) is 0 Å². The fraction of sp³-hybridized carbons (Fsp3) is 0.895. The molecule has 2 amide bonds. The van der Waals surface area contributed by atoms with Gasteiger partial charge in [-0.25, -0.2) is 0 Å². The Bertz CT molecular complexity index is 415. The molecule has 1 aliphatic carbocycles. The van der Waals surface area contributed by atoms with Crippen LogP contribution in [0.25, 0.3) is 0 Å². The highest BCUT2D eigenvalue weighted by molar-refractivity contribution is 5.81. The van der Waals surface area contributed by atoms with Crippen molar-refractivity contribution in [2.45, 2.75) is 85.3 Å². The van der Waals surface area contributed by atoms with Crippen molar-refractivity contribution < 1.29 is 14.7 Å². The van der Waals surface area contributed by atoms with Crippen molar-refractivity contribution in [1.82, 2.24) is 10.6 Å². The summed E-state index contributed by atoms with van der Waals surface area (Å²) in [4.78, 5) is 24.3. The predicted octanol–water partition coefficient (Wildman–Crippen LogP) is 2.62. The zero-order valence-corrected chi connectivity index (χ0v) is 16.0. The van der Waals surface area contributed by atoms with E-state index in [2.05, 4.69) is 10.6 Å². The maximum Gasteiger partial charge on any atom is 0.223 e. The first-order chi connectivity index (χ1) is 11.1. The van der Waals surface area contributed by atoms with E-state index in [1.165, 1.54) is 6.42 Å². The second kappa shape index (κ2) is 9.40. The molecule has 5 heteroatoms. The van der Waals surface area contributed by atoms with Crippen LogP contribution < -0.4 is 10.6 Å². The zero-order chi connectivity index (χ0) is 18.3. The van der Waals surface area contributed by atoms with Gasteiger partial charge in [0.1, 0.15) is 0 Å². The van der Waals surface area contributed by atoms with Crippen LogP contribution in [0.1, 0.15) is 73.1 Å². The maximum atomic E-state index is 12.2. The SMILES string of the molecule is CC(CC(=O)NCC(C)(C)C(O)C(C)C)NC(=O)C1CCCCC1. The topological polar surface area (TPSA) is 78.4 Å². The Morgan fingerprint density at radius 1 is 1.12 bits per heavy atom. The summed E-state index contributed by atoms with van der Waals surface area (Å²) < 4.78 is 0. The van der Waals surface area contributed by atoms with Crippen LogP contribution >= 0.6 is 0 Å². The number of nitrogens with one attached hydrogen (secondary N) is 2. The number of aliphatic hydroxyl groups excluding tert-OH is 1. The van der Waals surface area contributed by atoms with Gasteiger partial charge >= 0.3 is 0 Å². The van der Waals surface area contributed by atoms with E-state index in [1.807, 2.05) is 34.6 Å². The largest absolute Gasteiger partial charge is 0.392 e. The second-order valence-electron chi connectivity index (χ2n) is 8.40. The maximum absolute atomic E-state index is 12.2. The number of rotatable bonds is 8. The van der Waals surface area contributed by atoms with E-state index in [0.29, 0.717) is 6.54 Å². The molecule has 1 fully saturated rings. The van der Waals surface area contributed by atoms with Crippen LogP contribution in [0.5, 0.6) is 0 Å².